The van der Waals surface area contributed by atoms with Crippen LogP contribution in [0.2, 0.25) is 0 Å². The minimum absolute atomic E-state index is 0.0697. The van der Waals surface area contributed by atoms with Crippen LogP contribution in [-0.2, 0) is 0 Å². The van der Waals surface area contributed by atoms with Crippen molar-refractivity contribution in [3.05, 3.63) is 69.1 Å². The van der Waals surface area contributed by atoms with Crippen LogP contribution < -0.4 is 19.7 Å². The molecular weight excluding hydrogens is 458 g/mol. The highest BCUT2D eigenvalue weighted by Gasteiger charge is 2.42. The van der Waals surface area contributed by atoms with Crippen LogP contribution in [0.3, 0.4) is 0 Å². The van der Waals surface area contributed by atoms with Gasteiger partial charge in [0.05, 0.1) is 41.5 Å². The number of hydrogen-bond donors (Lipinski definition) is 1. The van der Waals surface area contributed by atoms with E-state index in [1.807, 2.05) is 36.4 Å². The van der Waals surface area contributed by atoms with Gasteiger partial charge in [0.15, 0.2) is 5.11 Å². The maximum Gasteiger partial charge on any atom is 0.174 e. The van der Waals surface area contributed by atoms with Gasteiger partial charge in [0.1, 0.15) is 11.5 Å². The highest BCUT2D eigenvalue weighted by molar-refractivity contribution is 9.11. The Morgan fingerprint density at radius 1 is 1.14 bits per heavy atom. The predicted molar refractivity (Wildman–Crippen MR) is 119 cm³/mol. The highest BCUT2D eigenvalue weighted by atomic mass is 79.9. The predicted octanol–water partition coefficient (Wildman–Crippen LogP) is 5.10. The van der Waals surface area contributed by atoms with E-state index >= 15 is 0 Å². The Morgan fingerprint density at radius 2 is 2.00 bits per heavy atom. The molecule has 8 heteroatoms. The largest absolute Gasteiger partial charge is 0.497 e. The van der Waals surface area contributed by atoms with E-state index < -0.39 is 0 Å². The van der Waals surface area contributed by atoms with Gasteiger partial charge in [-0.1, -0.05) is 6.07 Å². The number of pyridine rings is 1. The van der Waals surface area contributed by atoms with E-state index in [1.54, 1.807) is 31.8 Å². The fourth-order valence-electron chi connectivity index (χ4n) is 3.38. The first-order valence-electron chi connectivity index (χ1n) is 8.60. The average Bonchev–Trinajstić information content (AvgIpc) is 3.30. The number of methoxy groups -OCH3 is 2. The third-order valence-corrected chi connectivity index (χ3v) is 6.64. The Hall–Kier alpha value is -2.16. The zero-order valence-electron chi connectivity index (χ0n) is 15.3. The molecule has 144 valence electrons. The molecule has 28 heavy (non-hydrogen) atoms. The first-order chi connectivity index (χ1) is 13.6. The zero-order chi connectivity index (χ0) is 19.7. The van der Waals surface area contributed by atoms with Crippen molar-refractivity contribution in [1.29, 1.82) is 0 Å². The number of halogens is 1. The normalized spacial score (nSPS) is 18.8. The SMILES string of the molecule is COc1ccc(OC)c(N2C(=S)N[C@H](c3ccccn3)[C@@H]2c2ccc(Br)s2)c1. The maximum absolute atomic E-state index is 5.75. The molecule has 0 aliphatic carbocycles. The molecule has 0 radical (unpaired) electrons. The van der Waals surface area contributed by atoms with Gasteiger partial charge in [-0.25, -0.2) is 0 Å². The molecule has 1 aromatic carbocycles. The van der Waals surface area contributed by atoms with E-state index in [4.69, 9.17) is 21.7 Å². The third-order valence-electron chi connectivity index (χ3n) is 4.63. The van der Waals surface area contributed by atoms with Crippen LogP contribution in [-0.4, -0.2) is 24.3 Å². The summed E-state index contributed by atoms with van der Waals surface area (Å²) in [5.74, 6) is 1.47. The van der Waals surface area contributed by atoms with Crippen molar-refractivity contribution in [2.45, 2.75) is 12.1 Å². The quantitative estimate of drug-likeness (QED) is 0.517. The Bertz CT molecular complexity index is 996. The van der Waals surface area contributed by atoms with Crippen LogP contribution in [0.15, 0.2) is 58.5 Å². The molecule has 4 rings (SSSR count). The highest BCUT2D eigenvalue weighted by Crippen LogP contribution is 2.47. The summed E-state index contributed by atoms with van der Waals surface area (Å²) in [7, 11) is 3.31. The van der Waals surface area contributed by atoms with Gasteiger partial charge in [0.2, 0.25) is 0 Å². The smallest absolute Gasteiger partial charge is 0.174 e. The topological polar surface area (TPSA) is 46.6 Å². The number of hydrogen-bond acceptors (Lipinski definition) is 5. The number of thiophene rings is 1. The minimum Gasteiger partial charge on any atom is -0.497 e. The van der Waals surface area contributed by atoms with Gasteiger partial charge >= 0.3 is 0 Å². The van der Waals surface area contributed by atoms with E-state index in [0.29, 0.717) is 5.11 Å². The zero-order valence-corrected chi connectivity index (χ0v) is 18.5. The lowest BCUT2D eigenvalue weighted by Gasteiger charge is -2.28. The van der Waals surface area contributed by atoms with Crippen LogP contribution >= 0.6 is 39.5 Å². The standard InChI is InChI=1S/C20H18BrN3O2S2/c1-25-12-6-7-15(26-2)14(11-12)24-19(16-8-9-17(21)28-16)18(23-20(24)27)13-5-3-4-10-22-13/h3-11,18-19H,1-2H3,(H,23,27)/t18-,19+/m1/s1. The second kappa shape index (κ2) is 8.06. The van der Waals surface area contributed by atoms with Gasteiger partial charge < -0.3 is 19.7 Å². The number of anilines is 1. The summed E-state index contributed by atoms with van der Waals surface area (Å²) in [6.45, 7) is 0. The summed E-state index contributed by atoms with van der Waals surface area (Å²) in [5, 5.41) is 4.08. The van der Waals surface area contributed by atoms with Gasteiger partial charge in [0.25, 0.3) is 0 Å². The number of ether oxygens (including phenoxy) is 2. The van der Waals surface area contributed by atoms with E-state index in [-0.39, 0.29) is 12.1 Å². The van der Waals surface area contributed by atoms with Gasteiger partial charge in [-0.2, -0.15) is 0 Å². The monoisotopic (exact) mass is 475 g/mol. The summed E-state index contributed by atoms with van der Waals surface area (Å²) >= 11 is 11.0. The number of aromatic nitrogens is 1. The molecule has 1 aliphatic rings. The molecule has 1 aliphatic heterocycles. The van der Waals surface area contributed by atoms with Crippen LogP contribution in [0.5, 0.6) is 11.5 Å². The van der Waals surface area contributed by atoms with Crippen molar-refractivity contribution in [2.24, 2.45) is 0 Å². The summed E-state index contributed by atoms with van der Waals surface area (Å²) < 4.78 is 12.1. The van der Waals surface area contributed by atoms with Crippen molar-refractivity contribution in [2.75, 3.05) is 19.1 Å². The maximum atomic E-state index is 5.75. The molecule has 1 saturated heterocycles. The summed E-state index contributed by atoms with van der Waals surface area (Å²) in [4.78, 5) is 7.83. The summed E-state index contributed by atoms with van der Waals surface area (Å²) in [6.07, 6.45) is 1.80. The van der Waals surface area contributed by atoms with E-state index in [0.717, 1.165) is 26.7 Å². The lowest BCUT2D eigenvalue weighted by atomic mass is 10.0. The Kier molecular flexibility index (Phi) is 5.52. The Labute approximate surface area is 181 Å². The average molecular weight is 476 g/mol. The molecule has 0 saturated carbocycles. The van der Waals surface area contributed by atoms with E-state index in [1.165, 1.54) is 4.88 Å². The molecule has 3 heterocycles. The lowest BCUT2D eigenvalue weighted by molar-refractivity contribution is 0.403. The second-order valence-electron chi connectivity index (χ2n) is 6.18. The van der Waals surface area contributed by atoms with E-state index in [9.17, 15) is 0 Å². The van der Waals surface area contributed by atoms with Crippen molar-refractivity contribution in [3.63, 3.8) is 0 Å². The number of rotatable bonds is 5. The van der Waals surface area contributed by atoms with Crippen molar-refractivity contribution in [3.8, 4) is 11.5 Å². The van der Waals surface area contributed by atoms with Crippen molar-refractivity contribution in [1.82, 2.24) is 10.3 Å². The number of nitrogens with zero attached hydrogens (tertiary/aromatic N) is 2. The van der Waals surface area contributed by atoms with Gasteiger partial charge in [-0.05, 0) is 64.5 Å². The van der Waals surface area contributed by atoms with Crippen LogP contribution in [0.1, 0.15) is 22.7 Å². The molecule has 2 aromatic heterocycles. The molecule has 0 spiro atoms. The molecule has 1 fully saturated rings. The van der Waals surface area contributed by atoms with Crippen molar-refractivity contribution < 1.29 is 9.47 Å². The van der Waals surface area contributed by atoms with Crippen LogP contribution in [0.4, 0.5) is 5.69 Å². The first kappa shape index (κ1) is 19.2. The molecule has 3 aromatic rings. The second-order valence-corrected chi connectivity index (χ2v) is 9.06. The van der Waals surface area contributed by atoms with Gasteiger partial charge in [0, 0.05) is 17.1 Å². The molecule has 1 N–H and O–H groups in total. The summed E-state index contributed by atoms with van der Waals surface area (Å²) in [5.41, 5.74) is 1.79. The first-order valence-corrected chi connectivity index (χ1v) is 10.6. The fourth-order valence-corrected chi connectivity index (χ4v) is 5.27. The Balaban J connectivity index is 1.87. The Morgan fingerprint density at radius 3 is 2.64 bits per heavy atom. The molecular formula is C20H18BrN3O2S2. The van der Waals surface area contributed by atoms with Crippen molar-refractivity contribution >= 4 is 50.3 Å². The van der Waals surface area contributed by atoms with Gasteiger partial charge in [-0.3, -0.25) is 4.98 Å². The number of benzene rings is 1. The number of thiocarbonyl (C=S) groups is 1. The fraction of sp³-hybridized carbons (Fsp3) is 0.200. The molecule has 5 nitrogen and oxygen atoms in total. The van der Waals surface area contributed by atoms with Crippen LogP contribution in [0.25, 0.3) is 0 Å². The lowest BCUT2D eigenvalue weighted by Crippen LogP contribution is -2.29. The van der Waals surface area contributed by atoms with E-state index in [2.05, 4.69) is 43.3 Å². The minimum atomic E-state index is -0.0878. The van der Waals surface area contributed by atoms with Gasteiger partial charge in [-0.15, -0.1) is 11.3 Å². The van der Waals surface area contributed by atoms with Crippen LogP contribution in [0, 0.1) is 0 Å². The summed E-state index contributed by atoms with van der Waals surface area (Å²) in [6, 6.07) is 15.6. The molecule has 0 bridgehead atoms. The number of nitrogens with one attached hydrogen (secondary N) is 1. The molecule has 0 amide bonds. The third kappa shape index (κ3) is 3.47. The molecule has 0 unspecified atom stereocenters. The molecule has 2 atom stereocenters.